The monoisotopic (exact) mass is 273 g/mol. The zero-order valence-corrected chi connectivity index (χ0v) is 11.5. The third-order valence-electron chi connectivity index (χ3n) is 3.47. The molecule has 7 heteroatoms. The molecule has 0 spiro atoms. The lowest BCUT2D eigenvalue weighted by Gasteiger charge is -2.33. The zero-order valence-electron chi connectivity index (χ0n) is 10.7. The SMILES string of the molecule is CC1CCC(N)(c2noc(CS(C)(=O)=O)n2)CC1. The van der Waals surface area contributed by atoms with Gasteiger partial charge in [0.1, 0.15) is 5.75 Å². The van der Waals surface area contributed by atoms with E-state index in [0.717, 1.165) is 31.9 Å². The Kier molecular flexibility index (Phi) is 3.46. The van der Waals surface area contributed by atoms with Crippen molar-refractivity contribution in [1.29, 1.82) is 0 Å². The Morgan fingerprint density at radius 3 is 2.61 bits per heavy atom. The quantitative estimate of drug-likeness (QED) is 0.881. The second-order valence-electron chi connectivity index (χ2n) is 5.42. The summed E-state index contributed by atoms with van der Waals surface area (Å²) in [5, 5.41) is 3.85. The van der Waals surface area contributed by atoms with Gasteiger partial charge < -0.3 is 10.3 Å². The molecule has 18 heavy (non-hydrogen) atoms. The van der Waals surface area contributed by atoms with Gasteiger partial charge >= 0.3 is 0 Å². The molecule has 1 fully saturated rings. The molecule has 0 saturated heterocycles. The first-order valence-electron chi connectivity index (χ1n) is 6.08. The third-order valence-corrected chi connectivity index (χ3v) is 4.24. The van der Waals surface area contributed by atoms with Crippen LogP contribution in [0.2, 0.25) is 0 Å². The number of hydrogen-bond acceptors (Lipinski definition) is 6. The van der Waals surface area contributed by atoms with Gasteiger partial charge in [-0.2, -0.15) is 4.98 Å². The summed E-state index contributed by atoms with van der Waals surface area (Å²) < 4.78 is 27.3. The largest absolute Gasteiger partial charge is 0.338 e. The summed E-state index contributed by atoms with van der Waals surface area (Å²) >= 11 is 0. The highest BCUT2D eigenvalue weighted by Crippen LogP contribution is 2.35. The van der Waals surface area contributed by atoms with E-state index in [1.54, 1.807) is 0 Å². The van der Waals surface area contributed by atoms with Gasteiger partial charge in [-0.1, -0.05) is 12.1 Å². The van der Waals surface area contributed by atoms with Crippen molar-refractivity contribution >= 4 is 9.84 Å². The Morgan fingerprint density at radius 2 is 2.06 bits per heavy atom. The molecule has 102 valence electrons. The summed E-state index contributed by atoms with van der Waals surface area (Å²) in [6, 6.07) is 0. The molecule has 0 aromatic carbocycles. The van der Waals surface area contributed by atoms with Crippen molar-refractivity contribution in [2.75, 3.05) is 6.26 Å². The van der Waals surface area contributed by atoms with Crippen LogP contribution in [-0.4, -0.2) is 24.8 Å². The van der Waals surface area contributed by atoms with Gasteiger partial charge in [0.2, 0.25) is 5.89 Å². The smallest absolute Gasteiger partial charge is 0.241 e. The minimum atomic E-state index is -3.16. The van der Waals surface area contributed by atoms with Crippen LogP contribution < -0.4 is 5.73 Å². The summed E-state index contributed by atoms with van der Waals surface area (Å²) in [5.74, 6) is 1.00. The summed E-state index contributed by atoms with van der Waals surface area (Å²) in [7, 11) is -3.16. The van der Waals surface area contributed by atoms with Crippen LogP contribution in [0.5, 0.6) is 0 Å². The number of aromatic nitrogens is 2. The van der Waals surface area contributed by atoms with E-state index in [-0.39, 0.29) is 11.6 Å². The first-order chi connectivity index (χ1) is 8.28. The Balaban J connectivity index is 2.14. The van der Waals surface area contributed by atoms with Gasteiger partial charge in [-0.05, 0) is 31.6 Å². The predicted molar refractivity (Wildman–Crippen MR) is 66.3 cm³/mol. The Labute approximate surface area is 107 Å². The molecule has 1 heterocycles. The third kappa shape index (κ3) is 3.08. The molecule has 6 nitrogen and oxygen atoms in total. The maximum Gasteiger partial charge on any atom is 0.241 e. The highest BCUT2D eigenvalue weighted by Gasteiger charge is 2.36. The zero-order chi connectivity index (χ0) is 13.4. The van der Waals surface area contributed by atoms with E-state index < -0.39 is 15.4 Å². The van der Waals surface area contributed by atoms with Crippen LogP contribution in [-0.2, 0) is 21.1 Å². The number of sulfone groups is 1. The molecule has 1 aliphatic rings. The van der Waals surface area contributed by atoms with E-state index in [1.165, 1.54) is 0 Å². The van der Waals surface area contributed by atoms with Crippen LogP contribution in [0.4, 0.5) is 0 Å². The molecular formula is C11H19N3O3S. The molecule has 1 aromatic rings. The first kappa shape index (κ1) is 13.5. The molecule has 1 aliphatic carbocycles. The molecule has 2 N–H and O–H groups in total. The van der Waals surface area contributed by atoms with Crippen LogP contribution in [0.15, 0.2) is 4.52 Å². The van der Waals surface area contributed by atoms with E-state index in [2.05, 4.69) is 17.1 Å². The molecule has 0 atom stereocenters. The van der Waals surface area contributed by atoms with E-state index in [9.17, 15) is 8.42 Å². The van der Waals surface area contributed by atoms with Crippen LogP contribution in [0.3, 0.4) is 0 Å². The van der Waals surface area contributed by atoms with Crippen molar-refractivity contribution in [2.24, 2.45) is 11.7 Å². The van der Waals surface area contributed by atoms with Crippen LogP contribution in [0.1, 0.15) is 44.3 Å². The highest BCUT2D eigenvalue weighted by atomic mass is 32.2. The lowest BCUT2D eigenvalue weighted by molar-refractivity contribution is 0.230. The van der Waals surface area contributed by atoms with Gasteiger partial charge in [-0.25, -0.2) is 8.42 Å². The van der Waals surface area contributed by atoms with Crippen molar-refractivity contribution in [3.05, 3.63) is 11.7 Å². The molecule has 1 saturated carbocycles. The van der Waals surface area contributed by atoms with Crippen molar-refractivity contribution in [3.63, 3.8) is 0 Å². The minimum Gasteiger partial charge on any atom is -0.338 e. The fourth-order valence-electron chi connectivity index (χ4n) is 2.24. The standard InChI is InChI=1S/C11H19N3O3S/c1-8-3-5-11(12,6-4-8)10-13-9(17-14-10)7-18(2,15)16/h8H,3-7,12H2,1-2H3. The minimum absolute atomic E-state index is 0.121. The second kappa shape index (κ2) is 4.62. The Bertz CT molecular complexity index is 515. The maximum atomic E-state index is 11.1. The fraction of sp³-hybridized carbons (Fsp3) is 0.818. The normalized spacial score (nSPS) is 29.4. The van der Waals surface area contributed by atoms with E-state index >= 15 is 0 Å². The van der Waals surface area contributed by atoms with E-state index in [0.29, 0.717) is 11.7 Å². The van der Waals surface area contributed by atoms with Crippen LogP contribution in [0.25, 0.3) is 0 Å². The highest BCUT2D eigenvalue weighted by molar-refractivity contribution is 7.89. The fourth-order valence-corrected chi connectivity index (χ4v) is 2.81. The second-order valence-corrected chi connectivity index (χ2v) is 7.56. The summed E-state index contributed by atoms with van der Waals surface area (Å²) in [4.78, 5) is 4.13. The number of nitrogens with zero attached hydrogens (tertiary/aromatic N) is 2. The Morgan fingerprint density at radius 1 is 1.44 bits per heavy atom. The van der Waals surface area contributed by atoms with Gasteiger partial charge in [0.15, 0.2) is 15.7 Å². The predicted octanol–water partition coefficient (Wildman–Crippen LogP) is 0.978. The van der Waals surface area contributed by atoms with Gasteiger partial charge in [0, 0.05) is 6.26 Å². The lowest BCUT2D eigenvalue weighted by Crippen LogP contribution is -2.41. The molecule has 2 rings (SSSR count). The van der Waals surface area contributed by atoms with Crippen molar-refractivity contribution in [1.82, 2.24) is 10.1 Å². The maximum absolute atomic E-state index is 11.1. The van der Waals surface area contributed by atoms with Crippen molar-refractivity contribution in [3.8, 4) is 0 Å². The summed E-state index contributed by atoms with van der Waals surface area (Å²) in [6.07, 6.45) is 4.83. The first-order valence-corrected chi connectivity index (χ1v) is 8.14. The summed E-state index contributed by atoms with van der Waals surface area (Å²) in [5.41, 5.74) is 5.72. The number of hydrogen-bond donors (Lipinski definition) is 1. The molecule has 0 unspecified atom stereocenters. The molecule has 1 aromatic heterocycles. The topological polar surface area (TPSA) is 99.1 Å². The summed E-state index contributed by atoms with van der Waals surface area (Å²) in [6.45, 7) is 2.20. The van der Waals surface area contributed by atoms with E-state index in [1.807, 2.05) is 0 Å². The molecule has 0 bridgehead atoms. The average molecular weight is 273 g/mol. The van der Waals surface area contributed by atoms with Gasteiger partial charge in [-0.15, -0.1) is 0 Å². The Hall–Kier alpha value is -0.950. The van der Waals surface area contributed by atoms with Gasteiger partial charge in [-0.3, -0.25) is 0 Å². The number of nitrogens with two attached hydrogens (primary N) is 1. The van der Waals surface area contributed by atoms with Crippen molar-refractivity contribution in [2.45, 2.75) is 43.9 Å². The van der Waals surface area contributed by atoms with Crippen LogP contribution in [0, 0.1) is 5.92 Å². The molecular weight excluding hydrogens is 254 g/mol. The van der Waals surface area contributed by atoms with Gasteiger partial charge in [0.05, 0.1) is 5.54 Å². The number of rotatable bonds is 3. The van der Waals surface area contributed by atoms with Crippen molar-refractivity contribution < 1.29 is 12.9 Å². The molecule has 0 aliphatic heterocycles. The average Bonchev–Trinajstić information content (AvgIpc) is 2.69. The lowest BCUT2D eigenvalue weighted by atomic mass is 9.77. The molecule has 0 radical (unpaired) electrons. The van der Waals surface area contributed by atoms with Gasteiger partial charge in [0.25, 0.3) is 0 Å². The van der Waals surface area contributed by atoms with Crippen LogP contribution >= 0.6 is 0 Å². The molecule has 0 amide bonds. The van der Waals surface area contributed by atoms with E-state index in [4.69, 9.17) is 10.3 Å².